The van der Waals surface area contributed by atoms with Gasteiger partial charge in [0, 0.05) is 44.4 Å². The number of hydrogen-bond donors (Lipinski definition) is 0. The Kier molecular flexibility index (Phi) is 5.03. The van der Waals surface area contributed by atoms with Crippen molar-refractivity contribution in [3.63, 3.8) is 0 Å². The van der Waals surface area contributed by atoms with E-state index in [-0.39, 0.29) is 17.3 Å². The van der Waals surface area contributed by atoms with Crippen LogP contribution in [0.1, 0.15) is 73.2 Å². The van der Waals surface area contributed by atoms with Gasteiger partial charge in [0.05, 0.1) is 5.60 Å². The Bertz CT molecular complexity index is 843. The molecule has 1 spiro atoms. The maximum Gasteiger partial charge on any atom is 0.291 e. The van der Waals surface area contributed by atoms with Gasteiger partial charge >= 0.3 is 0 Å². The highest BCUT2D eigenvalue weighted by molar-refractivity contribution is 5.90. The fraction of sp³-hybridized carbons (Fsp3) is 0.667. The molecule has 2 aromatic rings. The fourth-order valence-electron chi connectivity index (χ4n) is 4.75. The van der Waals surface area contributed by atoms with E-state index in [1.165, 1.54) is 19.3 Å². The standard InChI is InChI=1S/C21H27N5O3/c27-20(18-22-8-2-9-23-18)26-10-6-21(7-11-26)14-15(5-12-28-21)13-17-24-19(29-25-17)16-3-1-4-16/h2,8-9,15-16H,1,3-7,10-14H2. The Morgan fingerprint density at radius 1 is 1.17 bits per heavy atom. The molecule has 0 N–H and O–H groups in total. The Hall–Kier alpha value is -2.35. The first kappa shape index (κ1) is 18.7. The largest absolute Gasteiger partial charge is 0.375 e. The zero-order valence-electron chi connectivity index (χ0n) is 16.6. The first-order valence-electron chi connectivity index (χ1n) is 10.7. The summed E-state index contributed by atoms with van der Waals surface area (Å²) >= 11 is 0. The highest BCUT2D eigenvalue weighted by Crippen LogP contribution is 2.39. The minimum atomic E-state index is -0.141. The van der Waals surface area contributed by atoms with Crippen molar-refractivity contribution in [1.29, 1.82) is 0 Å². The number of likely N-dealkylation sites (tertiary alicyclic amines) is 1. The molecular formula is C21H27N5O3. The van der Waals surface area contributed by atoms with Crippen molar-refractivity contribution in [2.24, 2.45) is 5.92 Å². The molecule has 2 saturated heterocycles. The summed E-state index contributed by atoms with van der Waals surface area (Å²) in [5, 5.41) is 4.22. The number of hydrogen-bond acceptors (Lipinski definition) is 7. The minimum absolute atomic E-state index is 0.0943. The Balaban J connectivity index is 1.17. The Morgan fingerprint density at radius 2 is 1.97 bits per heavy atom. The van der Waals surface area contributed by atoms with Gasteiger partial charge in [-0.25, -0.2) is 9.97 Å². The summed E-state index contributed by atoms with van der Waals surface area (Å²) in [6, 6.07) is 1.72. The van der Waals surface area contributed by atoms with Crippen LogP contribution in [0, 0.1) is 5.92 Å². The fourth-order valence-corrected chi connectivity index (χ4v) is 4.75. The van der Waals surface area contributed by atoms with Gasteiger partial charge in [0.1, 0.15) is 0 Å². The van der Waals surface area contributed by atoms with Gasteiger partial charge < -0.3 is 14.2 Å². The number of aromatic nitrogens is 4. The molecule has 1 saturated carbocycles. The summed E-state index contributed by atoms with van der Waals surface area (Å²) in [7, 11) is 0. The first-order valence-corrected chi connectivity index (χ1v) is 10.7. The average Bonchev–Trinajstić information content (AvgIpc) is 3.15. The van der Waals surface area contributed by atoms with Crippen molar-refractivity contribution in [2.45, 2.75) is 62.9 Å². The summed E-state index contributed by atoms with van der Waals surface area (Å²) in [6.45, 7) is 2.11. The summed E-state index contributed by atoms with van der Waals surface area (Å²) in [4.78, 5) is 27.3. The molecule has 1 amide bonds. The SMILES string of the molecule is O=C(c1ncccn1)N1CCC2(CC1)CC(Cc1noc(C3CCC3)n1)CCO2. The van der Waals surface area contributed by atoms with Crippen LogP contribution in [0.15, 0.2) is 23.0 Å². The lowest BCUT2D eigenvalue weighted by Crippen LogP contribution is -2.51. The van der Waals surface area contributed by atoms with Crippen molar-refractivity contribution < 1.29 is 14.1 Å². The van der Waals surface area contributed by atoms with E-state index < -0.39 is 0 Å². The van der Waals surface area contributed by atoms with Gasteiger partial charge in [0.15, 0.2) is 5.82 Å². The zero-order chi connectivity index (χ0) is 19.7. The summed E-state index contributed by atoms with van der Waals surface area (Å²) in [5.41, 5.74) is -0.141. The molecule has 8 heteroatoms. The normalized spacial score (nSPS) is 24.4. The maximum absolute atomic E-state index is 12.6. The van der Waals surface area contributed by atoms with Crippen LogP contribution in [-0.4, -0.2) is 56.2 Å². The molecule has 4 heterocycles. The Morgan fingerprint density at radius 3 is 2.69 bits per heavy atom. The first-order chi connectivity index (χ1) is 14.2. The monoisotopic (exact) mass is 397 g/mol. The van der Waals surface area contributed by atoms with E-state index in [1.807, 2.05) is 4.90 Å². The molecule has 0 bridgehead atoms. The van der Waals surface area contributed by atoms with E-state index >= 15 is 0 Å². The van der Waals surface area contributed by atoms with E-state index in [0.29, 0.717) is 24.9 Å². The molecule has 2 aliphatic heterocycles. The summed E-state index contributed by atoms with van der Waals surface area (Å²) < 4.78 is 11.7. The van der Waals surface area contributed by atoms with Gasteiger partial charge in [-0.3, -0.25) is 4.79 Å². The van der Waals surface area contributed by atoms with Crippen LogP contribution < -0.4 is 0 Å². The molecule has 0 aromatic carbocycles. The molecule has 29 heavy (non-hydrogen) atoms. The van der Waals surface area contributed by atoms with Gasteiger partial charge in [-0.15, -0.1) is 0 Å². The van der Waals surface area contributed by atoms with Crippen molar-refractivity contribution in [2.75, 3.05) is 19.7 Å². The van der Waals surface area contributed by atoms with Gasteiger partial charge in [0.25, 0.3) is 5.91 Å². The van der Waals surface area contributed by atoms with Crippen molar-refractivity contribution in [3.05, 3.63) is 36.0 Å². The molecule has 154 valence electrons. The van der Waals surface area contributed by atoms with Crippen LogP contribution in [0.2, 0.25) is 0 Å². The van der Waals surface area contributed by atoms with Crippen LogP contribution in [0.3, 0.4) is 0 Å². The molecule has 3 aliphatic rings. The lowest BCUT2D eigenvalue weighted by molar-refractivity contribution is -0.123. The van der Waals surface area contributed by atoms with Gasteiger partial charge in [0.2, 0.25) is 11.7 Å². The zero-order valence-corrected chi connectivity index (χ0v) is 16.6. The molecular weight excluding hydrogens is 370 g/mol. The molecule has 2 aromatic heterocycles. The predicted molar refractivity (Wildman–Crippen MR) is 103 cm³/mol. The number of carbonyl (C=O) groups excluding carboxylic acids is 1. The predicted octanol–water partition coefficient (Wildman–Crippen LogP) is 2.77. The third-order valence-electron chi connectivity index (χ3n) is 6.72. The third-order valence-corrected chi connectivity index (χ3v) is 6.72. The molecule has 1 unspecified atom stereocenters. The number of amides is 1. The molecule has 3 fully saturated rings. The molecule has 0 radical (unpaired) electrons. The number of nitrogens with zero attached hydrogens (tertiary/aromatic N) is 5. The summed E-state index contributed by atoms with van der Waals surface area (Å²) in [6.07, 6.45) is 11.4. The van der Waals surface area contributed by atoms with Gasteiger partial charge in [-0.1, -0.05) is 11.6 Å². The highest BCUT2D eigenvalue weighted by atomic mass is 16.5. The quantitative estimate of drug-likeness (QED) is 0.783. The van der Waals surface area contributed by atoms with Crippen LogP contribution in [-0.2, 0) is 11.2 Å². The van der Waals surface area contributed by atoms with E-state index in [4.69, 9.17) is 9.26 Å². The van der Waals surface area contributed by atoms with Crippen LogP contribution in [0.25, 0.3) is 0 Å². The second-order valence-electron chi connectivity index (χ2n) is 8.64. The van der Waals surface area contributed by atoms with E-state index in [1.54, 1.807) is 18.5 Å². The summed E-state index contributed by atoms with van der Waals surface area (Å²) in [5.74, 6) is 2.81. The molecule has 8 nitrogen and oxygen atoms in total. The topological polar surface area (TPSA) is 94.2 Å². The second kappa shape index (κ2) is 7.82. The smallest absolute Gasteiger partial charge is 0.291 e. The van der Waals surface area contributed by atoms with Crippen molar-refractivity contribution in [3.8, 4) is 0 Å². The molecule has 1 atom stereocenters. The van der Waals surface area contributed by atoms with Crippen molar-refractivity contribution >= 4 is 5.91 Å². The minimum Gasteiger partial charge on any atom is -0.375 e. The lowest BCUT2D eigenvalue weighted by Gasteiger charge is -2.46. The molecule has 5 rings (SSSR count). The van der Waals surface area contributed by atoms with Gasteiger partial charge in [-0.05, 0) is 50.5 Å². The van der Waals surface area contributed by atoms with Crippen LogP contribution in [0.4, 0.5) is 0 Å². The lowest BCUT2D eigenvalue weighted by atomic mass is 9.78. The maximum atomic E-state index is 12.6. The Labute approximate surface area is 170 Å². The van der Waals surface area contributed by atoms with E-state index in [2.05, 4.69) is 20.1 Å². The van der Waals surface area contributed by atoms with Crippen LogP contribution >= 0.6 is 0 Å². The highest BCUT2D eigenvalue weighted by Gasteiger charge is 2.41. The third kappa shape index (κ3) is 3.90. The second-order valence-corrected chi connectivity index (χ2v) is 8.64. The van der Waals surface area contributed by atoms with Crippen LogP contribution in [0.5, 0.6) is 0 Å². The molecule has 1 aliphatic carbocycles. The number of ether oxygens (including phenoxy) is 1. The number of rotatable bonds is 4. The van der Waals surface area contributed by atoms with E-state index in [9.17, 15) is 4.79 Å². The van der Waals surface area contributed by atoms with Gasteiger partial charge in [-0.2, -0.15) is 4.98 Å². The van der Waals surface area contributed by atoms with Crippen molar-refractivity contribution in [1.82, 2.24) is 25.0 Å². The number of piperidine rings is 1. The number of carbonyl (C=O) groups is 1. The average molecular weight is 397 g/mol. The van der Waals surface area contributed by atoms with E-state index in [0.717, 1.165) is 50.4 Å².